The summed E-state index contributed by atoms with van der Waals surface area (Å²) >= 11 is 0. The first-order chi connectivity index (χ1) is 31.5. The first-order valence-electron chi connectivity index (χ1n) is 28.3. The zero-order valence-electron chi connectivity index (χ0n) is 42.8. The molecule has 1 amide bonds. The summed E-state index contributed by atoms with van der Waals surface area (Å²) in [5.74, 6) is -0.125. The second-order valence-corrected chi connectivity index (χ2v) is 19.3. The quantitative estimate of drug-likeness (QED) is 0.0321. The topological polar surface area (TPSA) is 95.9 Å². The summed E-state index contributed by atoms with van der Waals surface area (Å²) < 4.78 is 5.45. The lowest BCUT2D eigenvalue weighted by molar-refractivity contribution is -0.143. The van der Waals surface area contributed by atoms with Crippen LogP contribution in [0.2, 0.25) is 0 Å². The fraction of sp³-hybridized carbons (Fsp3) is 0.862. The molecule has 0 saturated carbocycles. The van der Waals surface area contributed by atoms with Crippen molar-refractivity contribution >= 4 is 11.9 Å². The van der Waals surface area contributed by atoms with Crippen molar-refractivity contribution in [2.75, 3.05) is 13.2 Å². The summed E-state index contributed by atoms with van der Waals surface area (Å²) in [6.07, 6.45) is 65.9. The van der Waals surface area contributed by atoms with Crippen molar-refractivity contribution in [3.63, 3.8) is 0 Å². The lowest BCUT2D eigenvalue weighted by Gasteiger charge is -2.20. The van der Waals surface area contributed by atoms with Gasteiger partial charge in [0.25, 0.3) is 0 Å². The van der Waals surface area contributed by atoms with E-state index in [0.29, 0.717) is 19.4 Å². The maximum absolute atomic E-state index is 12.5. The number of allylic oxidation sites excluding steroid dienone is 5. The van der Waals surface area contributed by atoms with Gasteiger partial charge in [-0.15, -0.1) is 0 Å². The second-order valence-electron chi connectivity index (χ2n) is 19.3. The van der Waals surface area contributed by atoms with E-state index in [2.05, 4.69) is 43.5 Å². The molecule has 2 atom stereocenters. The van der Waals surface area contributed by atoms with Crippen molar-refractivity contribution in [1.29, 1.82) is 0 Å². The van der Waals surface area contributed by atoms with Crippen LogP contribution in [0.4, 0.5) is 0 Å². The van der Waals surface area contributed by atoms with E-state index in [9.17, 15) is 19.8 Å². The molecule has 0 aliphatic heterocycles. The van der Waals surface area contributed by atoms with Gasteiger partial charge in [-0.1, -0.05) is 230 Å². The summed E-state index contributed by atoms with van der Waals surface area (Å²) in [6, 6.07) is -0.648. The Morgan fingerprint density at radius 3 is 1.11 bits per heavy atom. The first-order valence-corrected chi connectivity index (χ1v) is 28.3. The zero-order chi connectivity index (χ0) is 46.5. The Bertz CT molecular complexity index is 1040. The highest BCUT2D eigenvalue weighted by molar-refractivity contribution is 5.76. The molecule has 0 aromatic heterocycles. The molecular formula is C58H109NO5. The van der Waals surface area contributed by atoms with Crippen LogP contribution in [0.3, 0.4) is 0 Å². The molecule has 0 spiro atoms. The third-order valence-corrected chi connectivity index (χ3v) is 12.9. The minimum Gasteiger partial charge on any atom is -0.466 e. The molecule has 376 valence electrons. The van der Waals surface area contributed by atoms with Crippen LogP contribution in [-0.4, -0.2) is 47.4 Å². The number of amides is 1. The Morgan fingerprint density at radius 1 is 0.422 bits per heavy atom. The van der Waals surface area contributed by atoms with Crippen molar-refractivity contribution in [1.82, 2.24) is 5.32 Å². The Kier molecular flexibility index (Phi) is 52.1. The average Bonchev–Trinajstić information content (AvgIpc) is 3.29. The number of hydrogen-bond donors (Lipinski definition) is 3. The van der Waals surface area contributed by atoms with Gasteiger partial charge in [-0.05, 0) is 89.9 Å². The predicted molar refractivity (Wildman–Crippen MR) is 278 cm³/mol. The van der Waals surface area contributed by atoms with Gasteiger partial charge in [-0.25, -0.2) is 0 Å². The number of esters is 1. The number of unbranched alkanes of at least 4 members (excludes halogenated alkanes) is 37. The molecule has 6 nitrogen and oxygen atoms in total. The molecule has 0 heterocycles. The molecule has 0 aromatic rings. The second kappa shape index (κ2) is 53.7. The van der Waals surface area contributed by atoms with Gasteiger partial charge < -0.3 is 20.3 Å². The number of carbonyl (C=O) groups is 2. The van der Waals surface area contributed by atoms with Gasteiger partial charge in [0.15, 0.2) is 0 Å². The van der Waals surface area contributed by atoms with Crippen molar-refractivity contribution in [2.45, 2.75) is 309 Å². The van der Waals surface area contributed by atoms with E-state index in [-0.39, 0.29) is 18.5 Å². The van der Waals surface area contributed by atoms with E-state index in [4.69, 9.17) is 4.74 Å². The largest absolute Gasteiger partial charge is 0.466 e. The van der Waals surface area contributed by atoms with E-state index in [1.807, 2.05) is 6.08 Å². The van der Waals surface area contributed by atoms with Gasteiger partial charge in [0.2, 0.25) is 5.91 Å². The standard InChI is InChI=1S/C58H109NO5/c1-3-5-7-9-11-13-15-17-19-20-21-22-23-25-26-30-34-38-42-46-50-56(61)55(54-60)59-57(62)51-47-43-39-35-31-28-29-33-37-41-45-49-53-64-58(63)52-48-44-40-36-32-27-24-18-16-14-12-10-8-6-4-2/h18,24,29,33,46,50,55-56,60-61H,3-17,19-23,25-28,30-32,34-45,47-49,51-54H2,1-2H3,(H,59,62)/b24-18-,33-29-,50-46+. The maximum Gasteiger partial charge on any atom is 0.305 e. The van der Waals surface area contributed by atoms with Crippen LogP contribution < -0.4 is 5.32 Å². The van der Waals surface area contributed by atoms with Gasteiger partial charge in [0.1, 0.15) is 0 Å². The van der Waals surface area contributed by atoms with E-state index in [1.165, 1.54) is 186 Å². The van der Waals surface area contributed by atoms with Crippen LogP contribution in [0.1, 0.15) is 296 Å². The van der Waals surface area contributed by atoms with Gasteiger partial charge in [-0.3, -0.25) is 9.59 Å². The summed E-state index contributed by atoms with van der Waals surface area (Å²) in [5, 5.41) is 23.1. The van der Waals surface area contributed by atoms with Gasteiger partial charge in [0.05, 0.1) is 25.4 Å². The molecule has 2 unspecified atom stereocenters. The number of nitrogens with one attached hydrogen (secondary N) is 1. The van der Waals surface area contributed by atoms with Crippen LogP contribution in [0.25, 0.3) is 0 Å². The van der Waals surface area contributed by atoms with Crippen LogP contribution in [0, 0.1) is 0 Å². The monoisotopic (exact) mass is 900 g/mol. The summed E-state index contributed by atoms with van der Waals surface area (Å²) in [5.41, 5.74) is 0. The number of ether oxygens (including phenoxy) is 1. The minimum absolute atomic E-state index is 0.0322. The highest BCUT2D eigenvalue weighted by Crippen LogP contribution is 2.16. The van der Waals surface area contributed by atoms with E-state index < -0.39 is 12.1 Å². The molecular weight excluding hydrogens is 791 g/mol. The fourth-order valence-corrected chi connectivity index (χ4v) is 8.50. The Morgan fingerprint density at radius 2 is 0.734 bits per heavy atom. The van der Waals surface area contributed by atoms with Crippen molar-refractivity contribution < 1.29 is 24.5 Å². The predicted octanol–water partition coefficient (Wildman–Crippen LogP) is 17.2. The van der Waals surface area contributed by atoms with E-state index in [0.717, 1.165) is 83.5 Å². The zero-order valence-corrected chi connectivity index (χ0v) is 42.8. The van der Waals surface area contributed by atoms with Crippen LogP contribution in [-0.2, 0) is 14.3 Å². The normalized spacial score (nSPS) is 12.9. The van der Waals surface area contributed by atoms with Crippen molar-refractivity contribution in [3.05, 3.63) is 36.5 Å². The average molecular weight is 901 g/mol. The van der Waals surface area contributed by atoms with E-state index >= 15 is 0 Å². The number of aliphatic hydroxyl groups excluding tert-OH is 2. The number of hydrogen-bond acceptors (Lipinski definition) is 5. The highest BCUT2D eigenvalue weighted by atomic mass is 16.5. The van der Waals surface area contributed by atoms with Crippen LogP contribution in [0.5, 0.6) is 0 Å². The SMILES string of the molecule is CCCCCCCC/C=C\CCCCCCCC(=O)OCCCCC/C=C\CCCCCCCC(=O)NC(CO)C(O)/C=C/CCCCCCCCCCCCCCCCCCCC. The van der Waals surface area contributed by atoms with Gasteiger partial charge in [0, 0.05) is 12.8 Å². The molecule has 3 N–H and O–H groups in total. The van der Waals surface area contributed by atoms with Crippen LogP contribution in [0.15, 0.2) is 36.5 Å². The molecule has 0 aliphatic carbocycles. The summed E-state index contributed by atoms with van der Waals surface area (Å²) in [7, 11) is 0. The third kappa shape index (κ3) is 49.5. The molecule has 0 rings (SSSR count). The third-order valence-electron chi connectivity index (χ3n) is 12.9. The maximum atomic E-state index is 12.5. The number of aliphatic hydroxyl groups is 2. The molecule has 6 heteroatoms. The lowest BCUT2D eigenvalue weighted by atomic mass is 10.0. The smallest absolute Gasteiger partial charge is 0.305 e. The molecule has 0 aliphatic rings. The Labute approximate surface area is 398 Å². The molecule has 0 saturated heterocycles. The Balaban J connectivity index is 3.54. The van der Waals surface area contributed by atoms with Gasteiger partial charge in [-0.2, -0.15) is 0 Å². The number of rotatable bonds is 52. The first kappa shape index (κ1) is 62.1. The van der Waals surface area contributed by atoms with Crippen molar-refractivity contribution in [3.8, 4) is 0 Å². The lowest BCUT2D eigenvalue weighted by Crippen LogP contribution is -2.45. The van der Waals surface area contributed by atoms with Gasteiger partial charge >= 0.3 is 5.97 Å². The minimum atomic E-state index is -0.862. The summed E-state index contributed by atoms with van der Waals surface area (Å²) in [6.45, 7) is 4.84. The Hall–Kier alpha value is -1.92. The highest BCUT2D eigenvalue weighted by Gasteiger charge is 2.18. The van der Waals surface area contributed by atoms with E-state index in [1.54, 1.807) is 6.08 Å². The number of carbonyl (C=O) groups excluding carboxylic acids is 2. The van der Waals surface area contributed by atoms with Crippen molar-refractivity contribution in [2.24, 2.45) is 0 Å². The van der Waals surface area contributed by atoms with Crippen LogP contribution >= 0.6 is 0 Å². The molecule has 0 radical (unpaired) electrons. The molecule has 0 bridgehead atoms. The molecule has 64 heavy (non-hydrogen) atoms. The molecule has 0 fully saturated rings. The molecule has 0 aromatic carbocycles. The summed E-state index contributed by atoms with van der Waals surface area (Å²) in [4.78, 5) is 24.5. The fourth-order valence-electron chi connectivity index (χ4n) is 8.50.